The van der Waals surface area contributed by atoms with Crippen molar-refractivity contribution < 1.29 is 9.84 Å². The molecule has 0 spiro atoms. The minimum Gasteiger partial charge on any atom is -0.497 e. The lowest BCUT2D eigenvalue weighted by Gasteiger charge is -2.50. The zero-order valence-electron chi connectivity index (χ0n) is 16.9. The van der Waals surface area contributed by atoms with Gasteiger partial charge in [0.25, 0.3) is 0 Å². The molecule has 2 saturated carbocycles. The van der Waals surface area contributed by atoms with Crippen molar-refractivity contribution in [1.82, 2.24) is 0 Å². The van der Waals surface area contributed by atoms with Gasteiger partial charge in [0.2, 0.25) is 0 Å². The minimum absolute atomic E-state index is 0.00843. The lowest BCUT2D eigenvalue weighted by Crippen LogP contribution is -2.44. The van der Waals surface area contributed by atoms with Crippen molar-refractivity contribution in [2.45, 2.75) is 57.1 Å². The second-order valence-corrected chi connectivity index (χ2v) is 9.42. The number of ether oxygens (including phenoxy) is 1. The highest BCUT2D eigenvalue weighted by Crippen LogP contribution is 2.61. The maximum absolute atomic E-state index is 11.2. The van der Waals surface area contributed by atoms with Gasteiger partial charge in [-0.3, -0.25) is 4.99 Å². The molecule has 2 fully saturated rings. The largest absolute Gasteiger partial charge is 0.497 e. The Bertz CT molecular complexity index is 829. The maximum Gasteiger partial charge on any atom is 0.119 e. The number of fused-ring (bicyclic) bond motifs is 5. The van der Waals surface area contributed by atoms with Gasteiger partial charge in [-0.15, -0.1) is 0 Å². The van der Waals surface area contributed by atoms with Gasteiger partial charge in [-0.2, -0.15) is 0 Å². The normalized spacial score (nSPS) is 39.2. The summed E-state index contributed by atoms with van der Waals surface area (Å²) in [6, 6.07) is 6.70. The summed E-state index contributed by atoms with van der Waals surface area (Å²) in [7, 11) is 1.75. The summed E-state index contributed by atoms with van der Waals surface area (Å²) in [5, 5.41) is 11.2. The van der Waals surface area contributed by atoms with E-state index >= 15 is 0 Å². The van der Waals surface area contributed by atoms with Gasteiger partial charge in [0, 0.05) is 12.1 Å². The Morgan fingerprint density at radius 1 is 1.21 bits per heavy atom. The molecule has 148 valence electrons. The molecule has 28 heavy (non-hydrogen) atoms. The maximum atomic E-state index is 11.2. The molecule has 0 radical (unpaired) electrons. The Kier molecular flexibility index (Phi) is 4.46. The SMILES string of the molecule is COc1ccc2c(c1)CC[C@@H]1[C@@H]2CC[C@]2(C)[C@H](O)[C@@H](N=CC3C=CC=C3)C[C@@H]12. The summed E-state index contributed by atoms with van der Waals surface area (Å²) in [6.45, 7) is 2.33. The van der Waals surface area contributed by atoms with Crippen molar-refractivity contribution in [1.29, 1.82) is 0 Å². The molecule has 3 heteroatoms. The number of aryl methyl sites for hydroxylation is 1. The third-order valence-electron chi connectivity index (χ3n) is 8.13. The average Bonchev–Trinajstić information content (AvgIpc) is 3.32. The van der Waals surface area contributed by atoms with E-state index in [0.717, 1.165) is 25.0 Å². The van der Waals surface area contributed by atoms with Crippen LogP contribution in [0.15, 0.2) is 47.5 Å². The van der Waals surface area contributed by atoms with Crippen LogP contribution in [0.25, 0.3) is 0 Å². The van der Waals surface area contributed by atoms with E-state index in [9.17, 15) is 5.11 Å². The molecule has 4 aliphatic carbocycles. The summed E-state index contributed by atoms with van der Waals surface area (Å²) in [5.41, 5.74) is 3.01. The molecule has 4 aliphatic rings. The first kappa shape index (κ1) is 18.2. The quantitative estimate of drug-likeness (QED) is 0.776. The van der Waals surface area contributed by atoms with Gasteiger partial charge in [0.05, 0.1) is 19.3 Å². The van der Waals surface area contributed by atoms with Crippen molar-refractivity contribution >= 4 is 6.21 Å². The van der Waals surface area contributed by atoms with Gasteiger partial charge in [0.15, 0.2) is 0 Å². The van der Waals surface area contributed by atoms with Crippen LogP contribution >= 0.6 is 0 Å². The molecule has 0 heterocycles. The zero-order chi connectivity index (χ0) is 19.3. The second-order valence-electron chi connectivity index (χ2n) is 9.42. The first-order chi connectivity index (χ1) is 13.6. The van der Waals surface area contributed by atoms with Crippen LogP contribution in [0.5, 0.6) is 5.75 Å². The van der Waals surface area contributed by atoms with Crippen LogP contribution < -0.4 is 4.74 Å². The predicted octanol–water partition coefficient (Wildman–Crippen LogP) is 4.70. The fourth-order valence-electron chi connectivity index (χ4n) is 6.57. The molecule has 0 bridgehead atoms. The molecule has 0 aliphatic heterocycles. The van der Waals surface area contributed by atoms with Crippen molar-refractivity contribution in [3.8, 4) is 5.75 Å². The lowest BCUT2D eigenvalue weighted by atomic mass is 9.55. The van der Waals surface area contributed by atoms with E-state index in [1.54, 1.807) is 7.11 Å². The molecule has 0 unspecified atom stereocenters. The van der Waals surface area contributed by atoms with E-state index in [2.05, 4.69) is 49.4 Å². The molecule has 6 atom stereocenters. The van der Waals surface area contributed by atoms with Crippen molar-refractivity contribution in [2.24, 2.45) is 28.2 Å². The molecule has 1 aromatic carbocycles. The Labute approximate surface area is 168 Å². The predicted molar refractivity (Wildman–Crippen MR) is 113 cm³/mol. The summed E-state index contributed by atoms with van der Waals surface area (Å²) in [6.07, 6.45) is 15.8. The van der Waals surface area contributed by atoms with Gasteiger partial charge in [0.1, 0.15) is 5.75 Å². The number of allylic oxidation sites excluding steroid dienone is 4. The van der Waals surface area contributed by atoms with E-state index < -0.39 is 0 Å². The Balaban J connectivity index is 1.40. The Hall–Kier alpha value is -1.87. The van der Waals surface area contributed by atoms with Crippen LogP contribution in [0.3, 0.4) is 0 Å². The fraction of sp³-hybridized carbons (Fsp3) is 0.560. The van der Waals surface area contributed by atoms with E-state index in [-0.39, 0.29) is 17.6 Å². The second kappa shape index (κ2) is 6.88. The minimum atomic E-state index is -0.318. The third-order valence-corrected chi connectivity index (χ3v) is 8.13. The van der Waals surface area contributed by atoms with Crippen LogP contribution in [0.4, 0.5) is 0 Å². The average molecular weight is 378 g/mol. The van der Waals surface area contributed by atoms with Gasteiger partial charge in [-0.05, 0) is 78.5 Å². The van der Waals surface area contributed by atoms with Crippen molar-refractivity contribution in [3.05, 3.63) is 53.6 Å². The van der Waals surface area contributed by atoms with E-state index in [0.29, 0.717) is 23.7 Å². The number of aliphatic imine (C=N–C) groups is 1. The highest BCUT2D eigenvalue weighted by molar-refractivity contribution is 5.67. The number of rotatable bonds is 3. The monoisotopic (exact) mass is 377 g/mol. The molecule has 1 N–H and O–H groups in total. The molecular weight excluding hydrogens is 346 g/mol. The summed E-state index contributed by atoms with van der Waals surface area (Å²) in [5.74, 6) is 3.13. The molecule has 5 rings (SSSR count). The lowest BCUT2D eigenvalue weighted by molar-refractivity contribution is -0.0254. The molecule has 0 saturated heterocycles. The first-order valence-electron chi connectivity index (χ1n) is 10.8. The Morgan fingerprint density at radius 2 is 2.04 bits per heavy atom. The van der Waals surface area contributed by atoms with Crippen LogP contribution in [-0.2, 0) is 6.42 Å². The Morgan fingerprint density at radius 3 is 2.82 bits per heavy atom. The number of methoxy groups -OCH3 is 1. The van der Waals surface area contributed by atoms with Crippen molar-refractivity contribution in [2.75, 3.05) is 7.11 Å². The number of hydrogen-bond acceptors (Lipinski definition) is 3. The first-order valence-corrected chi connectivity index (χ1v) is 10.8. The molecular formula is C25H31NO2. The van der Waals surface area contributed by atoms with E-state index in [1.165, 1.54) is 24.0 Å². The van der Waals surface area contributed by atoms with Crippen LogP contribution in [-0.4, -0.2) is 30.6 Å². The highest BCUT2D eigenvalue weighted by Gasteiger charge is 2.58. The molecule has 0 amide bonds. The molecule has 0 aromatic heterocycles. The third kappa shape index (κ3) is 2.78. The molecule has 1 aromatic rings. The van der Waals surface area contributed by atoms with Gasteiger partial charge < -0.3 is 9.84 Å². The zero-order valence-corrected chi connectivity index (χ0v) is 16.9. The van der Waals surface area contributed by atoms with Gasteiger partial charge in [-0.25, -0.2) is 0 Å². The van der Waals surface area contributed by atoms with E-state index in [1.807, 2.05) is 6.21 Å². The standard InChI is InChI=1S/C25H31NO2/c1-25-12-11-20-19-10-8-18(28-2)13-17(19)7-9-21(20)22(25)14-23(24(25)27)26-15-16-5-3-4-6-16/h3-6,8,10,13,15-16,20-24,27H,7,9,11-12,14H2,1-2H3/t20-,21-,22+,23+,24-,25+/m1/s1. The molecule has 3 nitrogen and oxygen atoms in total. The number of nitrogens with zero attached hydrogens (tertiary/aromatic N) is 1. The number of hydrogen-bond donors (Lipinski definition) is 1. The van der Waals surface area contributed by atoms with Gasteiger partial charge >= 0.3 is 0 Å². The highest BCUT2D eigenvalue weighted by atomic mass is 16.5. The summed E-state index contributed by atoms with van der Waals surface area (Å²) < 4.78 is 5.44. The topological polar surface area (TPSA) is 41.8 Å². The van der Waals surface area contributed by atoms with Gasteiger partial charge in [-0.1, -0.05) is 37.3 Å². The van der Waals surface area contributed by atoms with Crippen LogP contribution in [0, 0.1) is 23.2 Å². The van der Waals surface area contributed by atoms with Crippen LogP contribution in [0.2, 0.25) is 0 Å². The summed E-state index contributed by atoms with van der Waals surface area (Å²) >= 11 is 0. The summed E-state index contributed by atoms with van der Waals surface area (Å²) in [4.78, 5) is 4.87. The number of aliphatic hydroxyl groups excluding tert-OH is 1. The smallest absolute Gasteiger partial charge is 0.119 e. The van der Waals surface area contributed by atoms with Crippen LogP contribution in [0.1, 0.15) is 49.7 Å². The van der Waals surface area contributed by atoms with E-state index in [4.69, 9.17) is 9.73 Å². The number of aliphatic hydroxyl groups is 1. The fourth-order valence-corrected chi connectivity index (χ4v) is 6.57. The number of benzene rings is 1. The van der Waals surface area contributed by atoms with Crippen molar-refractivity contribution in [3.63, 3.8) is 0 Å².